The number of hydrogen-bond acceptors (Lipinski definition) is 4. The standard InChI is InChI=1S/C12H15N3O/c1-8-7-10-9(3-2-4-11(10)13)12(15-8)14-5-6-16/h2-4,7,16H,5-6,13H2,1H3,(H,14,15). The van der Waals surface area contributed by atoms with E-state index >= 15 is 0 Å². The van der Waals surface area contributed by atoms with E-state index in [0.717, 1.165) is 28.0 Å². The molecule has 1 heterocycles. The number of rotatable bonds is 3. The summed E-state index contributed by atoms with van der Waals surface area (Å²) in [6.45, 7) is 2.50. The summed E-state index contributed by atoms with van der Waals surface area (Å²) in [6.07, 6.45) is 0. The number of aryl methyl sites for hydroxylation is 1. The minimum atomic E-state index is 0.0828. The second-order valence-electron chi connectivity index (χ2n) is 3.70. The number of pyridine rings is 1. The summed E-state index contributed by atoms with van der Waals surface area (Å²) in [4.78, 5) is 4.40. The number of aliphatic hydroxyl groups excluding tert-OH is 1. The highest BCUT2D eigenvalue weighted by molar-refractivity contribution is 5.99. The van der Waals surface area contributed by atoms with Gasteiger partial charge in [0.1, 0.15) is 5.82 Å². The number of aliphatic hydroxyl groups is 1. The normalized spacial score (nSPS) is 10.6. The number of nitrogen functional groups attached to an aromatic ring is 1. The molecule has 16 heavy (non-hydrogen) atoms. The smallest absolute Gasteiger partial charge is 0.134 e. The minimum absolute atomic E-state index is 0.0828. The molecule has 84 valence electrons. The zero-order chi connectivity index (χ0) is 11.5. The molecule has 0 aliphatic carbocycles. The third-order valence-electron chi connectivity index (χ3n) is 2.44. The van der Waals surface area contributed by atoms with E-state index in [-0.39, 0.29) is 6.61 Å². The third kappa shape index (κ3) is 1.92. The number of nitrogens with one attached hydrogen (secondary N) is 1. The Balaban J connectivity index is 2.59. The zero-order valence-corrected chi connectivity index (χ0v) is 9.20. The Morgan fingerprint density at radius 2 is 2.19 bits per heavy atom. The first-order chi connectivity index (χ1) is 7.72. The molecule has 2 rings (SSSR count). The van der Waals surface area contributed by atoms with Crippen LogP contribution in [0.5, 0.6) is 0 Å². The monoisotopic (exact) mass is 217 g/mol. The van der Waals surface area contributed by atoms with Crippen LogP contribution in [0.3, 0.4) is 0 Å². The Labute approximate surface area is 94.1 Å². The van der Waals surface area contributed by atoms with E-state index in [2.05, 4.69) is 10.3 Å². The molecule has 0 aliphatic rings. The van der Waals surface area contributed by atoms with Crippen LogP contribution in [0.15, 0.2) is 24.3 Å². The van der Waals surface area contributed by atoms with Gasteiger partial charge in [0.15, 0.2) is 0 Å². The summed E-state index contributed by atoms with van der Waals surface area (Å²) in [6, 6.07) is 7.71. The molecule has 0 amide bonds. The average molecular weight is 217 g/mol. The van der Waals surface area contributed by atoms with Gasteiger partial charge in [0.05, 0.1) is 6.61 Å². The van der Waals surface area contributed by atoms with Crippen molar-refractivity contribution in [3.05, 3.63) is 30.0 Å². The number of anilines is 2. The van der Waals surface area contributed by atoms with Crippen molar-refractivity contribution in [3.8, 4) is 0 Å². The molecule has 4 nitrogen and oxygen atoms in total. The van der Waals surface area contributed by atoms with Gasteiger partial charge in [-0.25, -0.2) is 4.98 Å². The van der Waals surface area contributed by atoms with E-state index < -0.39 is 0 Å². The van der Waals surface area contributed by atoms with Crippen LogP contribution in [0.25, 0.3) is 10.8 Å². The van der Waals surface area contributed by atoms with Gasteiger partial charge in [0.2, 0.25) is 0 Å². The van der Waals surface area contributed by atoms with Crippen LogP contribution < -0.4 is 11.1 Å². The first kappa shape index (κ1) is 10.7. The number of fused-ring (bicyclic) bond motifs is 1. The second kappa shape index (κ2) is 4.37. The first-order valence-corrected chi connectivity index (χ1v) is 5.23. The number of nitrogens with two attached hydrogens (primary N) is 1. The summed E-state index contributed by atoms with van der Waals surface area (Å²) in [5.41, 5.74) is 7.57. The van der Waals surface area contributed by atoms with E-state index in [1.165, 1.54) is 0 Å². The highest BCUT2D eigenvalue weighted by Gasteiger charge is 2.05. The number of benzene rings is 1. The Morgan fingerprint density at radius 3 is 2.94 bits per heavy atom. The lowest BCUT2D eigenvalue weighted by atomic mass is 10.1. The quantitative estimate of drug-likeness (QED) is 0.682. The summed E-state index contributed by atoms with van der Waals surface area (Å²) >= 11 is 0. The minimum Gasteiger partial charge on any atom is -0.398 e. The molecular formula is C12H15N3O. The van der Waals surface area contributed by atoms with Crippen molar-refractivity contribution < 1.29 is 5.11 Å². The van der Waals surface area contributed by atoms with Gasteiger partial charge in [-0.05, 0) is 19.1 Å². The van der Waals surface area contributed by atoms with Gasteiger partial charge >= 0.3 is 0 Å². The van der Waals surface area contributed by atoms with Crippen LogP contribution in [0.4, 0.5) is 11.5 Å². The lowest BCUT2D eigenvalue weighted by Crippen LogP contribution is -2.08. The summed E-state index contributed by atoms with van der Waals surface area (Å²) in [5.74, 6) is 0.774. The van der Waals surface area contributed by atoms with Crippen LogP contribution in [0.1, 0.15) is 5.69 Å². The molecule has 1 aromatic carbocycles. The lowest BCUT2D eigenvalue weighted by Gasteiger charge is -2.10. The van der Waals surface area contributed by atoms with Crippen molar-refractivity contribution in [2.24, 2.45) is 0 Å². The Kier molecular flexibility index (Phi) is 2.92. The van der Waals surface area contributed by atoms with Gasteiger partial charge in [0, 0.05) is 28.7 Å². The molecule has 0 saturated carbocycles. The number of hydrogen-bond donors (Lipinski definition) is 3. The van der Waals surface area contributed by atoms with Crippen molar-refractivity contribution in [1.82, 2.24) is 4.98 Å². The van der Waals surface area contributed by atoms with Gasteiger partial charge in [0.25, 0.3) is 0 Å². The number of aromatic nitrogens is 1. The zero-order valence-electron chi connectivity index (χ0n) is 9.20. The van der Waals surface area contributed by atoms with Gasteiger partial charge in [-0.15, -0.1) is 0 Å². The number of nitrogens with zero attached hydrogens (tertiary/aromatic N) is 1. The topological polar surface area (TPSA) is 71.2 Å². The van der Waals surface area contributed by atoms with Crippen LogP contribution in [0.2, 0.25) is 0 Å². The van der Waals surface area contributed by atoms with E-state index in [9.17, 15) is 0 Å². The molecule has 4 N–H and O–H groups in total. The molecule has 0 fully saturated rings. The molecule has 0 unspecified atom stereocenters. The van der Waals surface area contributed by atoms with Crippen molar-refractivity contribution in [3.63, 3.8) is 0 Å². The fraction of sp³-hybridized carbons (Fsp3) is 0.250. The SMILES string of the molecule is Cc1cc2c(N)cccc2c(NCCO)n1. The van der Waals surface area contributed by atoms with Crippen molar-refractivity contribution in [2.75, 3.05) is 24.2 Å². The highest BCUT2D eigenvalue weighted by Crippen LogP contribution is 2.26. The van der Waals surface area contributed by atoms with Gasteiger partial charge in [-0.2, -0.15) is 0 Å². The summed E-state index contributed by atoms with van der Waals surface area (Å²) in [5, 5.41) is 13.9. The largest absolute Gasteiger partial charge is 0.398 e. The van der Waals surface area contributed by atoms with E-state index in [1.54, 1.807) is 0 Å². The Morgan fingerprint density at radius 1 is 1.38 bits per heavy atom. The molecule has 0 aliphatic heterocycles. The van der Waals surface area contributed by atoms with E-state index in [4.69, 9.17) is 10.8 Å². The molecule has 0 bridgehead atoms. The van der Waals surface area contributed by atoms with Gasteiger partial charge in [-0.3, -0.25) is 0 Å². The van der Waals surface area contributed by atoms with Crippen LogP contribution in [-0.2, 0) is 0 Å². The van der Waals surface area contributed by atoms with Gasteiger partial charge < -0.3 is 16.2 Å². The first-order valence-electron chi connectivity index (χ1n) is 5.23. The second-order valence-corrected chi connectivity index (χ2v) is 3.70. The van der Waals surface area contributed by atoms with E-state index in [0.29, 0.717) is 6.54 Å². The molecule has 0 atom stereocenters. The van der Waals surface area contributed by atoms with Crippen LogP contribution in [0, 0.1) is 6.92 Å². The maximum Gasteiger partial charge on any atom is 0.134 e. The predicted octanol–water partition coefficient (Wildman–Crippen LogP) is 1.53. The molecule has 4 heteroatoms. The summed E-state index contributed by atoms with van der Waals surface area (Å²) in [7, 11) is 0. The maximum atomic E-state index is 8.81. The fourth-order valence-corrected chi connectivity index (χ4v) is 1.74. The molecular weight excluding hydrogens is 202 g/mol. The molecule has 2 aromatic rings. The van der Waals surface area contributed by atoms with Crippen molar-refractivity contribution in [2.45, 2.75) is 6.92 Å². The molecule has 1 aromatic heterocycles. The Bertz CT molecular complexity index is 511. The maximum absolute atomic E-state index is 8.81. The molecule has 0 saturated heterocycles. The summed E-state index contributed by atoms with van der Waals surface area (Å²) < 4.78 is 0. The van der Waals surface area contributed by atoms with Crippen LogP contribution in [-0.4, -0.2) is 23.2 Å². The van der Waals surface area contributed by atoms with E-state index in [1.807, 2.05) is 31.2 Å². The fourth-order valence-electron chi connectivity index (χ4n) is 1.74. The van der Waals surface area contributed by atoms with Crippen molar-refractivity contribution >= 4 is 22.3 Å². The Hall–Kier alpha value is -1.81. The highest BCUT2D eigenvalue weighted by atomic mass is 16.3. The van der Waals surface area contributed by atoms with Crippen molar-refractivity contribution in [1.29, 1.82) is 0 Å². The average Bonchev–Trinajstić information content (AvgIpc) is 2.27. The molecule has 0 spiro atoms. The van der Waals surface area contributed by atoms with Gasteiger partial charge in [-0.1, -0.05) is 12.1 Å². The lowest BCUT2D eigenvalue weighted by molar-refractivity contribution is 0.311. The van der Waals surface area contributed by atoms with Crippen LogP contribution >= 0.6 is 0 Å². The molecule has 0 radical (unpaired) electrons. The third-order valence-corrected chi connectivity index (χ3v) is 2.44. The predicted molar refractivity (Wildman–Crippen MR) is 66.5 cm³/mol.